The molecule has 0 saturated carbocycles. The third kappa shape index (κ3) is 6.44. The Bertz CT molecular complexity index is 2120. The van der Waals surface area contributed by atoms with E-state index in [1.54, 1.807) is 47.5 Å². The highest BCUT2D eigenvalue weighted by Gasteiger charge is 2.23. The fourth-order valence-electron chi connectivity index (χ4n) is 5.10. The lowest BCUT2D eigenvalue weighted by Gasteiger charge is -2.26. The standard InChI is InChI=1S/C34H26Cl2N6O5/c1-46-29-17-38-31(39-32(29)41(24-11-13-37-14-12-24)18-22-9-7-20(33(43)44)15-26(22)35)30-25-5-3-4-6-28(25)42(40-30)19-23-10-8-21(16-27(23)36)34(45)47-2/h3-17H,18-19H2,1-2H3,(H,43,44). The van der Waals surface area contributed by atoms with Gasteiger partial charge in [-0.05, 0) is 53.6 Å². The molecule has 6 aromatic rings. The minimum atomic E-state index is -1.07. The molecule has 236 valence electrons. The Balaban J connectivity index is 1.44. The second kappa shape index (κ2) is 13.5. The first-order valence-corrected chi connectivity index (χ1v) is 15.0. The van der Waals surface area contributed by atoms with Gasteiger partial charge in [0.25, 0.3) is 0 Å². The number of aromatic nitrogens is 5. The number of nitrogens with zero attached hydrogens (tertiary/aromatic N) is 6. The third-order valence-electron chi connectivity index (χ3n) is 7.48. The molecule has 47 heavy (non-hydrogen) atoms. The molecule has 1 N–H and O–H groups in total. The highest BCUT2D eigenvalue weighted by molar-refractivity contribution is 6.32. The van der Waals surface area contributed by atoms with Crippen molar-refractivity contribution >= 4 is 57.5 Å². The number of pyridine rings is 1. The van der Waals surface area contributed by atoms with Crippen molar-refractivity contribution in [3.63, 3.8) is 0 Å². The van der Waals surface area contributed by atoms with Crippen LogP contribution >= 0.6 is 23.2 Å². The number of halogens is 2. The Kier molecular flexibility index (Phi) is 9.01. The summed E-state index contributed by atoms with van der Waals surface area (Å²) in [5.74, 6) is -0.377. The molecule has 0 atom stereocenters. The van der Waals surface area contributed by atoms with Gasteiger partial charge in [0.05, 0.1) is 50.1 Å². The highest BCUT2D eigenvalue weighted by Crippen LogP contribution is 2.37. The van der Waals surface area contributed by atoms with E-state index in [1.165, 1.54) is 26.4 Å². The van der Waals surface area contributed by atoms with Crippen LogP contribution in [-0.4, -0.2) is 56.0 Å². The second-order valence-corrected chi connectivity index (χ2v) is 11.1. The number of carboxylic acids is 1. The van der Waals surface area contributed by atoms with Crippen LogP contribution in [0.25, 0.3) is 22.4 Å². The number of aromatic carboxylic acids is 1. The van der Waals surface area contributed by atoms with Gasteiger partial charge in [0.2, 0.25) is 0 Å². The molecule has 11 nitrogen and oxygen atoms in total. The van der Waals surface area contributed by atoms with Crippen molar-refractivity contribution in [3.05, 3.63) is 124 Å². The number of carboxylic acid groups (broad SMARTS) is 1. The van der Waals surface area contributed by atoms with Crippen LogP contribution in [0.5, 0.6) is 5.75 Å². The Morgan fingerprint density at radius 1 is 0.915 bits per heavy atom. The number of rotatable bonds is 10. The molecule has 0 radical (unpaired) electrons. The number of esters is 1. The number of carbonyl (C=O) groups excluding carboxylic acids is 1. The molecule has 6 rings (SSSR count). The number of para-hydroxylation sites is 1. The summed E-state index contributed by atoms with van der Waals surface area (Å²) >= 11 is 13.1. The SMILES string of the molecule is COC(=O)c1ccc(Cn2nc(-c3ncc(OC)c(N(Cc4ccc(C(=O)O)cc4Cl)c4ccncc4)n3)c3ccccc32)c(Cl)c1. The van der Waals surface area contributed by atoms with Crippen LogP contribution in [0.1, 0.15) is 31.8 Å². The predicted octanol–water partition coefficient (Wildman–Crippen LogP) is 7.08. The monoisotopic (exact) mass is 668 g/mol. The van der Waals surface area contributed by atoms with Crippen LogP contribution < -0.4 is 9.64 Å². The zero-order valence-electron chi connectivity index (χ0n) is 25.1. The lowest BCUT2D eigenvalue weighted by Crippen LogP contribution is -2.20. The number of hydrogen-bond donors (Lipinski definition) is 1. The maximum atomic E-state index is 12.0. The molecule has 0 spiro atoms. The van der Waals surface area contributed by atoms with Gasteiger partial charge in [0, 0.05) is 33.5 Å². The molecule has 3 aromatic heterocycles. The predicted molar refractivity (Wildman–Crippen MR) is 178 cm³/mol. The van der Waals surface area contributed by atoms with E-state index in [0.29, 0.717) is 50.8 Å². The highest BCUT2D eigenvalue weighted by atomic mass is 35.5. The fourth-order valence-corrected chi connectivity index (χ4v) is 5.58. The van der Waals surface area contributed by atoms with Gasteiger partial charge < -0.3 is 19.5 Å². The summed E-state index contributed by atoms with van der Waals surface area (Å²) in [6, 6.07) is 20.9. The minimum Gasteiger partial charge on any atom is -0.491 e. The number of methoxy groups -OCH3 is 2. The molecule has 0 saturated heterocycles. The molecule has 0 bridgehead atoms. The normalized spacial score (nSPS) is 11.0. The molecule has 0 amide bonds. The summed E-state index contributed by atoms with van der Waals surface area (Å²) in [6.45, 7) is 0.544. The van der Waals surface area contributed by atoms with Crippen molar-refractivity contribution in [2.24, 2.45) is 0 Å². The molecular formula is C34H26Cl2N6O5. The van der Waals surface area contributed by atoms with E-state index in [2.05, 4.69) is 9.97 Å². The second-order valence-electron chi connectivity index (χ2n) is 10.3. The van der Waals surface area contributed by atoms with Crippen LogP contribution in [0.15, 0.2) is 91.4 Å². The van der Waals surface area contributed by atoms with Gasteiger partial charge in [0.1, 0.15) is 5.69 Å². The third-order valence-corrected chi connectivity index (χ3v) is 8.18. The van der Waals surface area contributed by atoms with Crippen LogP contribution in [0, 0.1) is 0 Å². The Hall–Kier alpha value is -5.52. The number of benzene rings is 3. The molecule has 3 heterocycles. The summed E-state index contributed by atoms with van der Waals surface area (Å²) in [5.41, 5.74) is 3.95. The fraction of sp³-hybridized carbons (Fsp3) is 0.118. The van der Waals surface area contributed by atoms with E-state index >= 15 is 0 Å². The van der Waals surface area contributed by atoms with Crippen molar-refractivity contribution in [2.45, 2.75) is 13.1 Å². The van der Waals surface area contributed by atoms with Crippen LogP contribution in [0.3, 0.4) is 0 Å². The maximum Gasteiger partial charge on any atom is 0.337 e. The van der Waals surface area contributed by atoms with Gasteiger partial charge in [-0.25, -0.2) is 19.6 Å². The minimum absolute atomic E-state index is 0.0827. The number of hydrogen-bond acceptors (Lipinski definition) is 9. The number of fused-ring (bicyclic) bond motifs is 1. The summed E-state index contributed by atoms with van der Waals surface area (Å²) in [5, 5.41) is 15.8. The van der Waals surface area contributed by atoms with Crippen molar-refractivity contribution < 1.29 is 24.2 Å². The molecular weight excluding hydrogens is 643 g/mol. The van der Waals surface area contributed by atoms with Crippen LogP contribution in [-0.2, 0) is 17.8 Å². The number of carbonyl (C=O) groups is 2. The van der Waals surface area contributed by atoms with Crippen LogP contribution in [0.4, 0.5) is 11.5 Å². The Morgan fingerprint density at radius 2 is 1.62 bits per heavy atom. The molecule has 0 fully saturated rings. The lowest BCUT2D eigenvalue weighted by molar-refractivity contribution is 0.0599. The Morgan fingerprint density at radius 3 is 2.32 bits per heavy atom. The largest absolute Gasteiger partial charge is 0.491 e. The lowest BCUT2D eigenvalue weighted by atomic mass is 10.1. The van der Waals surface area contributed by atoms with Gasteiger partial charge in [-0.1, -0.05) is 53.5 Å². The van der Waals surface area contributed by atoms with Crippen molar-refractivity contribution in [2.75, 3.05) is 19.1 Å². The van der Waals surface area contributed by atoms with Gasteiger partial charge in [0.15, 0.2) is 17.4 Å². The average molecular weight is 670 g/mol. The maximum absolute atomic E-state index is 12.0. The molecule has 0 aliphatic heterocycles. The molecule has 0 aliphatic carbocycles. The van der Waals surface area contributed by atoms with Gasteiger partial charge >= 0.3 is 11.9 Å². The van der Waals surface area contributed by atoms with Crippen molar-refractivity contribution in [1.82, 2.24) is 24.7 Å². The van der Waals surface area contributed by atoms with Gasteiger partial charge in [-0.15, -0.1) is 0 Å². The van der Waals surface area contributed by atoms with E-state index < -0.39 is 11.9 Å². The molecule has 0 unspecified atom stereocenters. The van der Waals surface area contributed by atoms with E-state index in [1.807, 2.05) is 41.3 Å². The van der Waals surface area contributed by atoms with Crippen molar-refractivity contribution in [3.8, 4) is 17.3 Å². The van der Waals surface area contributed by atoms with Crippen LogP contribution in [0.2, 0.25) is 10.0 Å². The smallest absolute Gasteiger partial charge is 0.337 e. The Labute approximate surface area is 279 Å². The van der Waals surface area contributed by atoms with Gasteiger partial charge in [-0.2, -0.15) is 5.10 Å². The quantitative estimate of drug-likeness (QED) is 0.151. The molecule has 0 aliphatic rings. The summed E-state index contributed by atoms with van der Waals surface area (Å²) in [7, 11) is 2.85. The number of anilines is 2. The van der Waals surface area contributed by atoms with E-state index in [0.717, 1.165) is 22.2 Å². The first-order chi connectivity index (χ1) is 22.8. The molecule has 3 aromatic carbocycles. The summed E-state index contributed by atoms with van der Waals surface area (Å²) in [4.78, 5) is 39.1. The van der Waals surface area contributed by atoms with E-state index in [9.17, 15) is 14.7 Å². The topological polar surface area (TPSA) is 133 Å². The average Bonchev–Trinajstić information content (AvgIpc) is 3.46. The zero-order valence-corrected chi connectivity index (χ0v) is 26.6. The molecule has 13 heteroatoms. The van der Waals surface area contributed by atoms with E-state index in [-0.39, 0.29) is 12.1 Å². The summed E-state index contributed by atoms with van der Waals surface area (Å²) < 4.78 is 12.3. The first kappa shape index (κ1) is 31.5. The van der Waals surface area contributed by atoms with Crippen molar-refractivity contribution in [1.29, 1.82) is 0 Å². The zero-order chi connectivity index (χ0) is 33.1. The summed E-state index contributed by atoms with van der Waals surface area (Å²) in [6.07, 6.45) is 4.89. The van der Waals surface area contributed by atoms with Gasteiger partial charge in [-0.3, -0.25) is 9.67 Å². The number of ether oxygens (including phenoxy) is 2. The van der Waals surface area contributed by atoms with E-state index in [4.69, 9.17) is 42.8 Å². The first-order valence-electron chi connectivity index (χ1n) is 14.2.